The van der Waals surface area contributed by atoms with Crippen molar-refractivity contribution in [1.29, 1.82) is 0 Å². The minimum atomic E-state index is -2.06. The van der Waals surface area contributed by atoms with Crippen LogP contribution in [0.15, 0.2) is 60.4 Å². The first-order valence-corrected chi connectivity index (χ1v) is 19.4. The lowest BCUT2D eigenvalue weighted by molar-refractivity contribution is -0.160. The second kappa shape index (κ2) is 16.4. The minimum Gasteiger partial charge on any atom is -0.507 e. The number of nitrogens with one attached hydrogen (secondary N) is 2. The zero-order valence-corrected chi connectivity index (χ0v) is 34.4. The number of aliphatic hydroxyl groups is 2. The van der Waals surface area contributed by atoms with Crippen molar-refractivity contribution >= 4 is 45.2 Å². The van der Waals surface area contributed by atoms with Gasteiger partial charge in [-0.05, 0) is 32.1 Å². The van der Waals surface area contributed by atoms with Crippen LogP contribution >= 0.6 is 0 Å². The van der Waals surface area contributed by atoms with Gasteiger partial charge in [-0.2, -0.15) is 0 Å². The van der Waals surface area contributed by atoms with Crippen LogP contribution in [0.4, 0.5) is 5.69 Å². The van der Waals surface area contributed by atoms with E-state index < -0.39 is 88.8 Å². The molecule has 9 unspecified atom stereocenters. The second-order valence-corrected chi connectivity index (χ2v) is 15.7. The molecule has 0 aliphatic carbocycles. The van der Waals surface area contributed by atoms with E-state index in [0.29, 0.717) is 11.0 Å². The molecular weight excluding hydrogens is 762 g/mol. The van der Waals surface area contributed by atoms with Crippen LogP contribution in [0.2, 0.25) is 0 Å². The van der Waals surface area contributed by atoms with Crippen LogP contribution in [-0.2, 0) is 23.8 Å². The Balaban J connectivity index is 1.57. The van der Waals surface area contributed by atoms with Gasteiger partial charge in [0.2, 0.25) is 0 Å². The standard InChI is InChI=1S/C44H51N3O12/c1-19-13-12-14-20(2)43(55)47-33-32(42-45-26-15-10-11-16-27(26)46-42)37(52)29-30(38(33)53)36(51)24(6)40-31(29)41(54)44(8,59-40)57-18-17-28(56-9)21(3)39(58-25(7)48)23(5)35(50)22(4)34(19)49/h10-19,21-23,28,34-35,39,49-53H,1-9H3,(H,45,46)(H,47,55)/b13-12+,18-17+,20-14-. The minimum absolute atomic E-state index is 0.0292. The summed E-state index contributed by atoms with van der Waals surface area (Å²) < 4.78 is 23.6. The Morgan fingerprint density at radius 3 is 2.25 bits per heavy atom. The highest BCUT2D eigenvalue weighted by atomic mass is 16.7. The Morgan fingerprint density at radius 1 is 0.898 bits per heavy atom. The van der Waals surface area contributed by atoms with E-state index >= 15 is 0 Å². The summed E-state index contributed by atoms with van der Waals surface area (Å²) >= 11 is 0. The number of phenols is 3. The van der Waals surface area contributed by atoms with E-state index in [4.69, 9.17) is 18.9 Å². The number of carbonyl (C=O) groups excluding carboxylic acids is 3. The number of benzene rings is 3. The summed E-state index contributed by atoms with van der Waals surface area (Å²) in [5.41, 5.74) is 0.572. The summed E-state index contributed by atoms with van der Waals surface area (Å²) in [5, 5.41) is 60.8. The van der Waals surface area contributed by atoms with E-state index in [2.05, 4.69) is 15.3 Å². The van der Waals surface area contributed by atoms with Gasteiger partial charge in [0.25, 0.3) is 11.7 Å². The summed E-state index contributed by atoms with van der Waals surface area (Å²) in [7, 11) is 1.43. The van der Waals surface area contributed by atoms with Gasteiger partial charge < -0.3 is 54.8 Å². The number of rotatable bonds is 3. The smallest absolute Gasteiger partial charge is 0.312 e. The molecule has 0 spiro atoms. The first-order chi connectivity index (χ1) is 27.8. The molecule has 15 heteroatoms. The van der Waals surface area contributed by atoms with Gasteiger partial charge in [0.05, 0.1) is 57.8 Å². The molecule has 0 radical (unpaired) electrons. The number of hydrogen-bond acceptors (Lipinski definition) is 13. The van der Waals surface area contributed by atoms with Crippen molar-refractivity contribution in [3.05, 3.63) is 71.5 Å². The first-order valence-electron chi connectivity index (χ1n) is 19.4. The van der Waals surface area contributed by atoms with Crippen molar-refractivity contribution in [1.82, 2.24) is 9.97 Å². The number of allylic oxidation sites excluding steroid dienone is 2. The summed E-state index contributed by atoms with van der Waals surface area (Å²) in [6.45, 7) is 12.5. The van der Waals surface area contributed by atoms with Gasteiger partial charge in [-0.25, -0.2) is 4.98 Å². The number of esters is 1. The number of aliphatic hydroxyl groups excluding tert-OH is 2. The highest BCUT2D eigenvalue weighted by molar-refractivity contribution is 6.23. The lowest BCUT2D eigenvalue weighted by atomic mass is 9.78. The number of Topliss-reactive ketones (excluding diaryl/α,β-unsaturated/α-hetero) is 1. The number of amides is 1. The number of para-hydroxylation sites is 2. The fourth-order valence-electron chi connectivity index (χ4n) is 8.02. The van der Waals surface area contributed by atoms with Gasteiger partial charge in [-0.15, -0.1) is 0 Å². The zero-order chi connectivity index (χ0) is 43.2. The number of ketones is 1. The Kier molecular flexibility index (Phi) is 11.9. The van der Waals surface area contributed by atoms with E-state index in [1.807, 2.05) is 0 Å². The number of hydrogen-bond donors (Lipinski definition) is 7. The SMILES string of the molecule is COC1/C=C/OC2(C)Oc3c(C)c(O)c4c(O)c(c(-c5nc6ccccc6[nH]5)c(O)c4c3C2=O)NC(=O)/C(C)=C\C=C\C(C)C(O)C(C)C(O)C(C)C(OC(C)=O)C1C. The molecule has 4 aromatic rings. The van der Waals surface area contributed by atoms with Crippen LogP contribution in [0.25, 0.3) is 33.2 Å². The summed E-state index contributed by atoms with van der Waals surface area (Å²) in [6.07, 6.45) is 3.49. The van der Waals surface area contributed by atoms with Crippen LogP contribution in [0, 0.1) is 30.6 Å². The molecule has 7 N–H and O–H groups in total. The fourth-order valence-corrected chi connectivity index (χ4v) is 8.02. The van der Waals surface area contributed by atoms with E-state index in [1.165, 1.54) is 53.2 Å². The number of methoxy groups -OCH3 is 1. The van der Waals surface area contributed by atoms with Crippen molar-refractivity contribution in [2.75, 3.05) is 12.4 Å². The Morgan fingerprint density at radius 2 is 1.59 bits per heavy atom. The predicted molar refractivity (Wildman–Crippen MR) is 219 cm³/mol. The van der Waals surface area contributed by atoms with Gasteiger partial charge in [-0.1, -0.05) is 58.1 Å². The van der Waals surface area contributed by atoms with Crippen molar-refractivity contribution in [2.24, 2.45) is 23.7 Å². The van der Waals surface area contributed by atoms with Crippen LogP contribution in [0.5, 0.6) is 23.0 Å². The molecule has 59 heavy (non-hydrogen) atoms. The number of aromatic nitrogens is 2. The van der Waals surface area contributed by atoms with Gasteiger partial charge >= 0.3 is 11.8 Å². The van der Waals surface area contributed by atoms with Crippen LogP contribution < -0.4 is 10.1 Å². The lowest BCUT2D eigenvalue weighted by Crippen LogP contribution is -2.46. The number of aromatic amines is 1. The predicted octanol–water partition coefficient (Wildman–Crippen LogP) is 6.30. The molecule has 15 nitrogen and oxygen atoms in total. The number of nitrogens with zero attached hydrogens (tertiary/aromatic N) is 1. The van der Waals surface area contributed by atoms with Crippen molar-refractivity contribution < 1.29 is 58.9 Å². The Bertz CT molecular complexity index is 2380. The molecule has 5 bridgehead atoms. The van der Waals surface area contributed by atoms with Gasteiger partial charge in [0.1, 0.15) is 29.2 Å². The third-order valence-corrected chi connectivity index (χ3v) is 11.6. The molecular formula is C44H51N3O12. The molecule has 3 aromatic carbocycles. The number of phenolic OH excluding ortho intramolecular Hbond substituents is 3. The van der Waals surface area contributed by atoms with Gasteiger partial charge in [-0.3, -0.25) is 14.4 Å². The Hall–Kier alpha value is -5.90. The number of ether oxygens (including phenoxy) is 4. The largest absolute Gasteiger partial charge is 0.507 e. The van der Waals surface area contributed by atoms with Crippen molar-refractivity contribution in [2.45, 2.75) is 85.6 Å². The summed E-state index contributed by atoms with van der Waals surface area (Å²) in [4.78, 5) is 48.4. The number of imidazole rings is 1. The molecule has 3 aliphatic heterocycles. The molecule has 1 aromatic heterocycles. The van der Waals surface area contributed by atoms with Crippen molar-refractivity contribution in [3.8, 4) is 34.4 Å². The molecule has 7 rings (SSSR count). The number of H-pyrrole nitrogens is 1. The van der Waals surface area contributed by atoms with Crippen LogP contribution in [0.3, 0.4) is 0 Å². The maximum Gasteiger partial charge on any atom is 0.312 e. The number of anilines is 1. The molecule has 4 heterocycles. The quantitative estimate of drug-likeness (QED) is 0.0685. The molecule has 0 fully saturated rings. The van der Waals surface area contributed by atoms with Crippen molar-refractivity contribution in [3.63, 3.8) is 0 Å². The van der Waals surface area contributed by atoms with E-state index in [1.54, 1.807) is 64.1 Å². The summed E-state index contributed by atoms with van der Waals surface area (Å²) in [5.74, 6) is -8.53. The van der Waals surface area contributed by atoms with Gasteiger partial charge in [0, 0.05) is 61.2 Å². The number of carbonyl (C=O) groups is 3. The second-order valence-electron chi connectivity index (χ2n) is 15.7. The van der Waals surface area contributed by atoms with E-state index in [0.717, 1.165) is 0 Å². The first kappa shape index (κ1) is 42.7. The maximum atomic E-state index is 14.5. The monoisotopic (exact) mass is 813 g/mol. The third-order valence-electron chi connectivity index (χ3n) is 11.6. The number of fused-ring (bicyclic) bond motifs is 15. The van der Waals surface area contributed by atoms with Crippen LogP contribution in [-0.4, -0.2) is 90.5 Å². The molecule has 0 saturated heterocycles. The topological polar surface area (TPSA) is 230 Å². The average Bonchev–Trinajstić information content (AvgIpc) is 3.74. The van der Waals surface area contributed by atoms with Crippen LogP contribution in [0.1, 0.15) is 64.4 Å². The molecule has 3 aliphatic rings. The van der Waals surface area contributed by atoms with Gasteiger partial charge in [0.15, 0.2) is 5.75 Å². The highest BCUT2D eigenvalue weighted by Crippen LogP contribution is 2.57. The zero-order valence-electron chi connectivity index (χ0n) is 34.4. The fraction of sp³-hybridized carbons (Fsp3) is 0.409. The molecule has 314 valence electrons. The summed E-state index contributed by atoms with van der Waals surface area (Å²) in [6, 6.07) is 7.00. The molecule has 0 saturated carbocycles. The third kappa shape index (κ3) is 7.61. The molecule has 1 amide bonds. The normalized spacial score (nSPS) is 30.1. The van der Waals surface area contributed by atoms with E-state index in [-0.39, 0.29) is 50.3 Å². The average molecular weight is 814 g/mol. The highest BCUT2D eigenvalue weighted by Gasteiger charge is 2.50. The lowest BCUT2D eigenvalue weighted by Gasteiger charge is -2.38. The number of aromatic hydroxyl groups is 3. The van der Waals surface area contributed by atoms with E-state index in [9.17, 15) is 39.9 Å². The maximum absolute atomic E-state index is 14.5. The molecule has 9 atom stereocenters. The Labute approximate surface area is 341 Å².